The summed E-state index contributed by atoms with van der Waals surface area (Å²) in [6, 6.07) is 0. The van der Waals surface area contributed by atoms with Crippen molar-refractivity contribution >= 4 is 11.6 Å². The van der Waals surface area contributed by atoms with Gasteiger partial charge in [-0.1, -0.05) is 43.1 Å². The second-order valence-electron chi connectivity index (χ2n) is 5.92. The van der Waals surface area contributed by atoms with Crippen LogP contribution in [0.25, 0.3) is 0 Å². The Labute approximate surface area is 127 Å². The Morgan fingerprint density at radius 1 is 0.950 bits per heavy atom. The van der Waals surface area contributed by atoms with E-state index in [1.807, 2.05) is 20.8 Å². The SMILES string of the molecule is C.C.C.COCCCCC(C)(C(C)=O)C(=O)C(C)(C)C. The molecule has 0 aromatic rings. The molecule has 20 heavy (non-hydrogen) atoms. The second-order valence-corrected chi connectivity index (χ2v) is 5.92. The predicted molar refractivity (Wildman–Crippen MR) is 89.2 cm³/mol. The molecule has 0 heterocycles. The van der Waals surface area contributed by atoms with Crippen molar-refractivity contribution in [2.24, 2.45) is 10.8 Å². The van der Waals surface area contributed by atoms with Gasteiger partial charge in [-0.2, -0.15) is 0 Å². The Hall–Kier alpha value is -0.700. The molecule has 0 N–H and O–H groups in total. The fourth-order valence-corrected chi connectivity index (χ4v) is 2.00. The third-order valence-corrected chi connectivity index (χ3v) is 3.23. The second kappa shape index (κ2) is 11.0. The van der Waals surface area contributed by atoms with Crippen LogP contribution < -0.4 is 0 Å². The van der Waals surface area contributed by atoms with Crippen LogP contribution in [0, 0.1) is 10.8 Å². The van der Waals surface area contributed by atoms with Crippen LogP contribution in [0.2, 0.25) is 0 Å². The first-order valence-electron chi connectivity index (χ1n) is 6.21. The standard InChI is InChI=1S/C14H26O3.3CH4/c1-11(15)14(5,9-7-8-10-17-6)12(16)13(2,3)4;;;/h7-10H2,1-6H3;3*1H4. The summed E-state index contributed by atoms with van der Waals surface area (Å²) < 4.78 is 4.97. The molecule has 0 amide bonds. The summed E-state index contributed by atoms with van der Waals surface area (Å²) in [5.74, 6) is 0.00441. The molecule has 0 aliphatic carbocycles. The zero-order valence-corrected chi connectivity index (χ0v) is 12.1. The van der Waals surface area contributed by atoms with Crippen molar-refractivity contribution in [2.75, 3.05) is 13.7 Å². The topological polar surface area (TPSA) is 43.4 Å². The smallest absolute Gasteiger partial charge is 0.151 e. The number of carbonyl (C=O) groups is 2. The van der Waals surface area contributed by atoms with Crippen LogP contribution in [0.3, 0.4) is 0 Å². The van der Waals surface area contributed by atoms with Crippen LogP contribution in [0.4, 0.5) is 0 Å². The number of methoxy groups -OCH3 is 1. The van der Waals surface area contributed by atoms with E-state index in [0.29, 0.717) is 13.0 Å². The minimum Gasteiger partial charge on any atom is -0.385 e. The fourth-order valence-electron chi connectivity index (χ4n) is 2.00. The zero-order chi connectivity index (χ0) is 13.7. The molecule has 0 bridgehead atoms. The molecule has 0 spiro atoms. The van der Waals surface area contributed by atoms with Crippen LogP contribution >= 0.6 is 0 Å². The molecule has 3 heteroatoms. The Bertz CT molecular complexity index is 276. The number of hydrogen-bond acceptors (Lipinski definition) is 3. The molecule has 0 aliphatic heterocycles. The molecule has 0 aromatic carbocycles. The van der Waals surface area contributed by atoms with E-state index >= 15 is 0 Å². The Morgan fingerprint density at radius 3 is 1.70 bits per heavy atom. The Morgan fingerprint density at radius 2 is 1.40 bits per heavy atom. The van der Waals surface area contributed by atoms with Gasteiger partial charge in [-0.05, 0) is 33.1 Å². The van der Waals surface area contributed by atoms with Gasteiger partial charge >= 0.3 is 0 Å². The first-order valence-corrected chi connectivity index (χ1v) is 6.21. The average molecular weight is 290 g/mol. The number of rotatable bonds is 7. The minimum atomic E-state index is -0.841. The lowest BCUT2D eigenvalue weighted by Gasteiger charge is -2.32. The van der Waals surface area contributed by atoms with E-state index < -0.39 is 10.8 Å². The van der Waals surface area contributed by atoms with Crippen molar-refractivity contribution in [3.8, 4) is 0 Å². The molecule has 0 saturated carbocycles. The molecule has 124 valence electrons. The van der Waals surface area contributed by atoms with Crippen molar-refractivity contribution in [2.45, 2.75) is 76.2 Å². The molecule has 1 unspecified atom stereocenters. The average Bonchev–Trinajstić information content (AvgIpc) is 2.21. The normalized spacial score (nSPS) is 13.1. The first-order chi connectivity index (χ1) is 7.66. The molecule has 0 radical (unpaired) electrons. The summed E-state index contributed by atoms with van der Waals surface area (Å²) in [4.78, 5) is 24.1. The van der Waals surface area contributed by atoms with Crippen LogP contribution in [0.15, 0.2) is 0 Å². The Kier molecular flexibility index (Phi) is 15.2. The summed E-state index contributed by atoms with van der Waals surface area (Å²) in [6.07, 6.45) is 2.34. The monoisotopic (exact) mass is 290 g/mol. The van der Waals surface area contributed by atoms with E-state index in [4.69, 9.17) is 4.74 Å². The number of Topliss-reactive ketones (excluding diaryl/α,β-unsaturated/α-hetero) is 2. The summed E-state index contributed by atoms with van der Waals surface area (Å²) in [7, 11) is 1.66. The fraction of sp³-hybridized carbons (Fsp3) is 0.882. The quantitative estimate of drug-likeness (QED) is 0.493. The van der Waals surface area contributed by atoms with Gasteiger partial charge in [-0.25, -0.2) is 0 Å². The molecule has 0 fully saturated rings. The lowest BCUT2D eigenvalue weighted by Crippen LogP contribution is -2.42. The van der Waals surface area contributed by atoms with Gasteiger partial charge in [-0.3, -0.25) is 9.59 Å². The largest absolute Gasteiger partial charge is 0.385 e. The van der Waals surface area contributed by atoms with E-state index in [9.17, 15) is 9.59 Å². The van der Waals surface area contributed by atoms with Crippen LogP contribution in [-0.2, 0) is 14.3 Å². The highest BCUT2D eigenvalue weighted by atomic mass is 16.5. The first kappa shape index (κ1) is 27.6. The molecular weight excluding hydrogens is 252 g/mol. The highest BCUT2D eigenvalue weighted by Crippen LogP contribution is 2.34. The molecule has 1 atom stereocenters. The highest BCUT2D eigenvalue weighted by Gasteiger charge is 2.42. The van der Waals surface area contributed by atoms with Gasteiger partial charge in [0.05, 0.1) is 5.41 Å². The molecule has 0 saturated heterocycles. The minimum absolute atomic E-state index is 0. The van der Waals surface area contributed by atoms with Gasteiger partial charge in [-0.15, -0.1) is 0 Å². The van der Waals surface area contributed by atoms with Crippen molar-refractivity contribution in [1.29, 1.82) is 0 Å². The number of hydrogen-bond donors (Lipinski definition) is 0. The van der Waals surface area contributed by atoms with Crippen LogP contribution in [-0.4, -0.2) is 25.3 Å². The van der Waals surface area contributed by atoms with Crippen molar-refractivity contribution in [3.05, 3.63) is 0 Å². The molecule has 3 nitrogen and oxygen atoms in total. The lowest BCUT2D eigenvalue weighted by atomic mass is 9.69. The van der Waals surface area contributed by atoms with Gasteiger partial charge in [0, 0.05) is 19.1 Å². The van der Waals surface area contributed by atoms with Crippen molar-refractivity contribution in [3.63, 3.8) is 0 Å². The van der Waals surface area contributed by atoms with Gasteiger partial charge < -0.3 is 4.74 Å². The maximum Gasteiger partial charge on any atom is 0.151 e. The molecular formula is C17H38O3. The zero-order valence-electron chi connectivity index (χ0n) is 12.1. The molecule has 0 rings (SSSR count). The maximum absolute atomic E-state index is 12.3. The lowest BCUT2D eigenvalue weighted by molar-refractivity contribution is -0.144. The van der Waals surface area contributed by atoms with E-state index in [-0.39, 0.29) is 33.8 Å². The third kappa shape index (κ3) is 7.78. The summed E-state index contributed by atoms with van der Waals surface area (Å²) >= 11 is 0. The van der Waals surface area contributed by atoms with Gasteiger partial charge in [0.1, 0.15) is 5.78 Å². The Balaban J connectivity index is -0.000000427. The van der Waals surface area contributed by atoms with E-state index in [2.05, 4.69) is 0 Å². The van der Waals surface area contributed by atoms with Gasteiger partial charge in [0.15, 0.2) is 5.78 Å². The van der Waals surface area contributed by atoms with Crippen molar-refractivity contribution in [1.82, 2.24) is 0 Å². The van der Waals surface area contributed by atoms with Gasteiger partial charge in [0.25, 0.3) is 0 Å². The predicted octanol–water partition coefficient (Wildman–Crippen LogP) is 4.92. The van der Waals surface area contributed by atoms with E-state index in [1.54, 1.807) is 14.0 Å². The molecule has 0 aromatic heterocycles. The van der Waals surface area contributed by atoms with Gasteiger partial charge in [0.2, 0.25) is 0 Å². The number of ether oxygens (including phenoxy) is 1. The summed E-state index contributed by atoms with van der Waals surface area (Å²) in [5.41, 5.74) is -1.31. The molecule has 0 aliphatic rings. The maximum atomic E-state index is 12.3. The third-order valence-electron chi connectivity index (χ3n) is 3.23. The van der Waals surface area contributed by atoms with E-state index in [0.717, 1.165) is 12.8 Å². The van der Waals surface area contributed by atoms with Crippen LogP contribution in [0.5, 0.6) is 0 Å². The van der Waals surface area contributed by atoms with Crippen LogP contribution in [0.1, 0.15) is 76.2 Å². The van der Waals surface area contributed by atoms with Crippen molar-refractivity contribution < 1.29 is 14.3 Å². The number of carbonyl (C=O) groups excluding carboxylic acids is 2. The highest BCUT2D eigenvalue weighted by molar-refractivity contribution is 6.07. The number of ketones is 2. The number of unbranched alkanes of at least 4 members (excludes halogenated alkanes) is 1. The summed E-state index contributed by atoms with van der Waals surface area (Å²) in [5, 5.41) is 0. The summed E-state index contributed by atoms with van der Waals surface area (Å²) in [6.45, 7) is 9.57. The van der Waals surface area contributed by atoms with E-state index in [1.165, 1.54) is 6.92 Å².